The summed E-state index contributed by atoms with van der Waals surface area (Å²) in [6, 6.07) is 9.86. The topological polar surface area (TPSA) is 41.1 Å². The second-order valence-electron chi connectivity index (χ2n) is 4.91. The molecular weight excluding hydrogens is 304 g/mol. The van der Waals surface area contributed by atoms with Gasteiger partial charge in [0.25, 0.3) is 0 Å². The van der Waals surface area contributed by atoms with Crippen LogP contribution in [0.15, 0.2) is 30.3 Å². The highest BCUT2D eigenvalue weighted by molar-refractivity contribution is 7.12. The molecule has 2 N–H and O–H groups in total. The van der Waals surface area contributed by atoms with E-state index in [1.165, 1.54) is 9.75 Å². The second-order valence-corrected chi connectivity index (χ2v) is 6.64. The SMILES string of the molecule is CCC(=O)Nc1ccc(Cl)c(NC(C)c2ccc(C)s2)c1. The Kier molecular flexibility index (Phi) is 5.26. The first-order valence-corrected chi connectivity index (χ1v) is 8.11. The van der Waals surface area contributed by atoms with Crippen LogP contribution in [0, 0.1) is 6.92 Å². The standard InChI is InChI=1S/C16H19ClN2OS/c1-4-16(20)19-12-6-7-13(17)14(9-12)18-11(3)15-8-5-10(2)21-15/h5-9,11,18H,4H2,1-3H3,(H,19,20). The van der Waals surface area contributed by atoms with E-state index >= 15 is 0 Å². The number of thiophene rings is 1. The monoisotopic (exact) mass is 322 g/mol. The summed E-state index contributed by atoms with van der Waals surface area (Å²) in [6.07, 6.45) is 0.455. The molecule has 2 aromatic rings. The van der Waals surface area contributed by atoms with Gasteiger partial charge in [0.15, 0.2) is 0 Å². The smallest absolute Gasteiger partial charge is 0.224 e. The summed E-state index contributed by atoms with van der Waals surface area (Å²) >= 11 is 8.00. The first-order valence-electron chi connectivity index (χ1n) is 6.92. The first-order chi connectivity index (χ1) is 9.99. The summed E-state index contributed by atoms with van der Waals surface area (Å²) < 4.78 is 0. The molecule has 112 valence electrons. The normalized spacial score (nSPS) is 12.0. The third kappa shape index (κ3) is 4.22. The van der Waals surface area contributed by atoms with Crippen molar-refractivity contribution in [3.8, 4) is 0 Å². The number of carbonyl (C=O) groups is 1. The zero-order valence-electron chi connectivity index (χ0n) is 12.4. The van der Waals surface area contributed by atoms with E-state index in [4.69, 9.17) is 11.6 Å². The molecule has 3 nitrogen and oxygen atoms in total. The predicted octanol–water partition coefficient (Wildman–Crippen LogP) is 5.23. The van der Waals surface area contributed by atoms with Crippen LogP contribution in [0.4, 0.5) is 11.4 Å². The van der Waals surface area contributed by atoms with Gasteiger partial charge in [0, 0.05) is 21.9 Å². The van der Waals surface area contributed by atoms with E-state index in [-0.39, 0.29) is 11.9 Å². The summed E-state index contributed by atoms with van der Waals surface area (Å²) in [5.74, 6) is -0.00907. The Balaban J connectivity index is 2.15. The fourth-order valence-corrected chi connectivity index (χ4v) is 3.01. The number of amides is 1. The molecule has 0 fully saturated rings. The average molecular weight is 323 g/mol. The molecule has 0 radical (unpaired) electrons. The van der Waals surface area contributed by atoms with Crippen LogP contribution in [0.2, 0.25) is 5.02 Å². The van der Waals surface area contributed by atoms with Gasteiger partial charge in [-0.1, -0.05) is 18.5 Å². The van der Waals surface area contributed by atoms with Gasteiger partial charge in [-0.05, 0) is 44.2 Å². The molecule has 5 heteroatoms. The number of aryl methyl sites for hydroxylation is 1. The number of nitrogens with one attached hydrogen (secondary N) is 2. The van der Waals surface area contributed by atoms with Crippen molar-refractivity contribution >= 4 is 40.2 Å². The number of rotatable bonds is 5. The Bertz CT molecular complexity index is 639. The number of carbonyl (C=O) groups excluding carboxylic acids is 1. The second kappa shape index (κ2) is 6.96. The highest BCUT2D eigenvalue weighted by Gasteiger charge is 2.11. The van der Waals surface area contributed by atoms with Crippen molar-refractivity contribution < 1.29 is 4.79 Å². The summed E-state index contributed by atoms with van der Waals surface area (Å²) in [6.45, 7) is 6.01. The van der Waals surface area contributed by atoms with Gasteiger partial charge in [-0.25, -0.2) is 0 Å². The predicted molar refractivity (Wildman–Crippen MR) is 91.5 cm³/mol. The van der Waals surface area contributed by atoms with E-state index in [2.05, 4.69) is 36.6 Å². The van der Waals surface area contributed by atoms with E-state index in [1.54, 1.807) is 23.5 Å². The number of anilines is 2. The Morgan fingerprint density at radius 2 is 2.10 bits per heavy atom. The van der Waals surface area contributed by atoms with E-state index in [9.17, 15) is 4.79 Å². The van der Waals surface area contributed by atoms with Gasteiger partial charge in [-0.2, -0.15) is 0 Å². The van der Waals surface area contributed by atoms with E-state index in [1.807, 2.05) is 13.0 Å². The molecule has 1 atom stereocenters. The van der Waals surface area contributed by atoms with Gasteiger partial charge in [-0.3, -0.25) is 4.79 Å². The van der Waals surface area contributed by atoms with Gasteiger partial charge in [0.2, 0.25) is 5.91 Å². The van der Waals surface area contributed by atoms with Gasteiger partial charge in [-0.15, -0.1) is 11.3 Å². The van der Waals surface area contributed by atoms with Crippen molar-refractivity contribution in [1.29, 1.82) is 0 Å². The molecule has 0 aliphatic carbocycles. The lowest BCUT2D eigenvalue weighted by Crippen LogP contribution is -2.10. The average Bonchev–Trinajstić information content (AvgIpc) is 2.89. The third-order valence-corrected chi connectivity index (χ3v) is 4.64. The molecule has 0 saturated carbocycles. The van der Waals surface area contributed by atoms with Crippen molar-refractivity contribution in [1.82, 2.24) is 0 Å². The number of hydrogen-bond donors (Lipinski definition) is 2. The minimum absolute atomic E-state index is 0.00907. The molecule has 1 amide bonds. The minimum atomic E-state index is -0.00907. The largest absolute Gasteiger partial charge is 0.376 e. The molecular formula is C16H19ClN2OS. The van der Waals surface area contributed by atoms with Crippen LogP contribution in [0.3, 0.4) is 0 Å². The Morgan fingerprint density at radius 3 is 2.71 bits per heavy atom. The van der Waals surface area contributed by atoms with Crippen molar-refractivity contribution in [2.24, 2.45) is 0 Å². The molecule has 0 bridgehead atoms. The quantitative estimate of drug-likeness (QED) is 0.791. The zero-order valence-corrected chi connectivity index (χ0v) is 13.9. The maximum Gasteiger partial charge on any atom is 0.224 e. The van der Waals surface area contributed by atoms with E-state index in [0.29, 0.717) is 11.4 Å². The van der Waals surface area contributed by atoms with Gasteiger partial charge in [0.05, 0.1) is 16.8 Å². The lowest BCUT2D eigenvalue weighted by atomic mass is 10.2. The van der Waals surface area contributed by atoms with Crippen LogP contribution in [0.5, 0.6) is 0 Å². The van der Waals surface area contributed by atoms with Crippen LogP contribution in [0.1, 0.15) is 36.1 Å². The Hall–Kier alpha value is -1.52. The fourth-order valence-electron chi connectivity index (χ4n) is 1.95. The summed E-state index contributed by atoms with van der Waals surface area (Å²) in [4.78, 5) is 14.0. The maximum absolute atomic E-state index is 11.5. The van der Waals surface area contributed by atoms with Crippen molar-refractivity contribution in [3.05, 3.63) is 45.1 Å². The molecule has 0 aliphatic heterocycles. The lowest BCUT2D eigenvalue weighted by Gasteiger charge is -2.16. The Morgan fingerprint density at radius 1 is 1.33 bits per heavy atom. The minimum Gasteiger partial charge on any atom is -0.376 e. The van der Waals surface area contributed by atoms with Gasteiger partial charge in [0.1, 0.15) is 0 Å². The molecule has 0 spiro atoms. The maximum atomic E-state index is 11.5. The number of halogens is 1. The summed E-state index contributed by atoms with van der Waals surface area (Å²) in [5, 5.41) is 6.88. The highest BCUT2D eigenvalue weighted by atomic mass is 35.5. The summed E-state index contributed by atoms with van der Waals surface area (Å²) in [7, 11) is 0. The number of benzene rings is 1. The van der Waals surface area contributed by atoms with Crippen LogP contribution in [-0.2, 0) is 4.79 Å². The van der Waals surface area contributed by atoms with Crippen LogP contribution < -0.4 is 10.6 Å². The summed E-state index contributed by atoms with van der Waals surface area (Å²) in [5.41, 5.74) is 1.58. The van der Waals surface area contributed by atoms with Crippen LogP contribution in [0.25, 0.3) is 0 Å². The van der Waals surface area contributed by atoms with E-state index < -0.39 is 0 Å². The fraction of sp³-hybridized carbons (Fsp3) is 0.312. The molecule has 1 aromatic heterocycles. The zero-order chi connectivity index (χ0) is 15.4. The Labute approximate surface area is 134 Å². The molecule has 21 heavy (non-hydrogen) atoms. The number of hydrogen-bond acceptors (Lipinski definition) is 3. The lowest BCUT2D eigenvalue weighted by molar-refractivity contribution is -0.115. The molecule has 2 rings (SSSR count). The van der Waals surface area contributed by atoms with Gasteiger partial charge >= 0.3 is 0 Å². The van der Waals surface area contributed by atoms with E-state index in [0.717, 1.165) is 11.4 Å². The molecule has 0 saturated heterocycles. The van der Waals surface area contributed by atoms with Crippen molar-refractivity contribution in [3.63, 3.8) is 0 Å². The van der Waals surface area contributed by atoms with Crippen molar-refractivity contribution in [2.45, 2.75) is 33.2 Å². The molecule has 1 heterocycles. The van der Waals surface area contributed by atoms with Gasteiger partial charge < -0.3 is 10.6 Å². The van der Waals surface area contributed by atoms with Crippen LogP contribution >= 0.6 is 22.9 Å². The van der Waals surface area contributed by atoms with Crippen LogP contribution in [-0.4, -0.2) is 5.91 Å². The third-order valence-electron chi connectivity index (χ3n) is 3.13. The first kappa shape index (κ1) is 15.9. The highest BCUT2D eigenvalue weighted by Crippen LogP contribution is 2.31. The molecule has 1 aromatic carbocycles. The molecule has 0 aliphatic rings. The van der Waals surface area contributed by atoms with Crippen molar-refractivity contribution in [2.75, 3.05) is 10.6 Å². The molecule has 1 unspecified atom stereocenters.